The fraction of sp³-hybridized carbons (Fsp3) is 0.750. The molecule has 1 atom stereocenters. The van der Waals surface area contributed by atoms with Gasteiger partial charge in [0.25, 0.3) is 0 Å². The number of nitrogens with zero attached hydrogens (tertiary/aromatic N) is 1. The number of carbonyl (C=O) groups is 2. The standard InChI is InChI=1S/C8H16N2O3/c1-6(8(12)13)10(3)7(11)4-5-9-2/h6,9H,4-5H2,1-3H3,(H,12,13). The molecule has 0 saturated carbocycles. The quantitative estimate of drug-likeness (QED) is 0.612. The van der Waals surface area contributed by atoms with E-state index in [2.05, 4.69) is 5.32 Å². The number of aliphatic carboxylic acids is 1. The van der Waals surface area contributed by atoms with E-state index in [0.29, 0.717) is 13.0 Å². The second-order valence-corrected chi connectivity index (χ2v) is 2.87. The Kier molecular flexibility index (Phi) is 5.06. The second kappa shape index (κ2) is 5.53. The van der Waals surface area contributed by atoms with Crippen molar-refractivity contribution in [3.05, 3.63) is 0 Å². The molecular formula is C8H16N2O3. The summed E-state index contributed by atoms with van der Waals surface area (Å²) in [5, 5.41) is 11.4. The third-order valence-electron chi connectivity index (χ3n) is 1.92. The number of carboxylic acid groups (broad SMARTS) is 1. The fourth-order valence-electron chi connectivity index (χ4n) is 0.790. The third-order valence-corrected chi connectivity index (χ3v) is 1.92. The first-order valence-electron chi connectivity index (χ1n) is 4.13. The number of nitrogens with one attached hydrogen (secondary N) is 1. The molecule has 0 fully saturated rings. The number of rotatable bonds is 5. The summed E-state index contributed by atoms with van der Waals surface area (Å²) in [7, 11) is 3.24. The average molecular weight is 188 g/mol. The molecule has 0 rings (SSSR count). The zero-order valence-electron chi connectivity index (χ0n) is 8.20. The molecule has 0 aliphatic heterocycles. The summed E-state index contributed by atoms with van der Waals surface area (Å²) in [5.74, 6) is -1.15. The highest BCUT2D eigenvalue weighted by Gasteiger charge is 2.20. The van der Waals surface area contributed by atoms with Crippen LogP contribution in [0.5, 0.6) is 0 Å². The molecule has 0 saturated heterocycles. The van der Waals surface area contributed by atoms with Crippen LogP contribution in [0.1, 0.15) is 13.3 Å². The van der Waals surface area contributed by atoms with Gasteiger partial charge in [0.05, 0.1) is 0 Å². The first-order valence-corrected chi connectivity index (χ1v) is 4.13. The van der Waals surface area contributed by atoms with Gasteiger partial charge in [0.2, 0.25) is 5.91 Å². The first-order chi connectivity index (χ1) is 6.00. The summed E-state index contributed by atoms with van der Waals surface area (Å²) in [4.78, 5) is 23.0. The summed E-state index contributed by atoms with van der Waals surface area (Å²) < 4.78 is 0. The van der Waals surface area contributed by atoms with Crippen molar-refractivity contribution in [2.24, 2.45) is 0 Å². The van der Waals surface area contributed by atoms with Gasteiger partial charge in [-0.2, -0.15) is 0 Å². The van der Waals surface area contributed by atoms with E-state index in [1.165, 1.54) is 18.9 Å². The molecule has 76 valence electrons. The summed E-state index contributed by atoms with van der Waals surface area (Å²) in [5.41, 5.74) is 0. The molecule has 0 aromatic carbocycles. The summed E-state index contributed by atoms with van der Waals surface area (Å²) in [6.45, 7) is 2.05. The lowest BCUT2D eigenvalue weighted by atomic mass is 10.2. The highest BCUT2D eigenvalue weighted by atomic mass is 16.4. The Labute approximate surface area is 77.7 Å². The van der Waals surface area contributed by atoms with Crippen LogP contribution in [-0.4, -0.2) is 48.6 Å². The van der Waals surface area contributed by atoms with Crippen LogP contribution in [0.15, 0.2) is 0 Å². The molecule has 0 spiro atoms. The highest BCUT2D eigenvalue weighted by Crippen LogP contribution is 1.98. The summed E-state index contributed by atoms with van der Waals surface area (Å²) in [6, 6.07) is -0.760. The van der Waals surface area contributed by atoms with Crippen molar-refractivity contribution in [1.29, 1.82) is 0 Å². The van der Waals surface area contributed by atoms with Crippen LogP contribution in [0, 0.1) is 0 Å². The van der Waals surface area contributed by atoms with Gasteiger partial charge in [0.1, 0.15) is 6.04 Å². The third kappa shape index (κ3) is 3.89. The van der Waals surface area contributed by atoms with E-state index in [4.69, 9.17) is 5.11 Å². The van der Waals surface area contributed by atoms with Crippen molar-refractivity contribution in [3.63, 3.8) is 0 Å². The number of hydrogen-bond acceptors (Lipinski definition) is 3. The minimum Gasteiger partial charge on any atom is -0.480 e. The maximum Gasteiger partial charge on any atom is 0.326 e. The lowest BCUT2D eigenvalue weighted by Crippen LogP contribution is -2.41. The minimum atomic E-state index is -0.986. The van der Waals surface area contributed by atoms with E-state index < -0.39 is 12.0 Å². The van der Waals surface area contributed by atoms with Gasteiger partial charge in [-0.3, -0.25) is 4.79 Å². The first kappa shape index (κ1) is 11.9. The Hall–Kier alpha value is -1.10. The predicted molar refractivity (Wildman–Crippen MR) is 48.4 cm³/mol. The topological polar surface area (TPSA) is 69.6 Å². The van der Waals surface area contributed by atoms with E-state index in [0.717, 1.165) is 0 Å². The SMILES string of the molecule is CNCCC(=O)N(C)C(C)C(=O)O. The Morgan fingerprint density at radius 1 is 1.54 bits per heavy atom. The molecule has 0 radical (unpaired) electrons. The number of amides is 1. The van der Waals surface area contributed by atoms with Crippen molar-refractivity contribution in [2.45, 2.75) is 19.4 Å². The Bertz CT molecular complexity index is 194. The maximum atomic E-state index is 11.3. The zero-order valence-corrected chi connectivity index (χ0v) is 8.20. The Morgan fingerprint density at radius 3 is 2.46 bits per heavy atom. The van der Waals surface area contributed by atoms with Gasteiger partial charge < -0.3 is 15.3 Å². The van der Waals surface area contributed by atoms with Crippen LogP contribution >= 0.6 is 0 Å². The molecule has 0 aromatic rings. The molecule has 0 aliphatic rings. The Balaban J connectivity index is 4.01. The average Bonchev–Trinajstić information content (AvgIpc) is 2.11. The summed E-state index contributed by atoms with van der Waals surface area (Å²) >= 11 is 0. The van der Waals surface area contributed by atoms with Crippen LogP contribution in [0.3, 0.4) is 0 Å². The number of hydrogen-bond donors (Lipinski definition) is 2. The fourth-order valence-corrected chi connectivity index (χ4v) is 0.790. The van der Waals surface area contributed by atoms with E-state index in [-0.39, 0.29) is 5.91 Å². The van der Waals surface area contributed by atoms with Gasteiger partial charge in [-0.1, -0.05) is 0 Å². The van der Waals surface area contributed by atoms with Crippen molar-refractivity contribution >= 4 is 11.9 Å². The molecule has 0 bridgehead atoms. The highest BCUT2D eigenvalue weighted by molar-refractivity contribution is 5.83. The van der Waals surface area contributed by atoms with Crippen LogP contribution in [0.2, 0.25) is 0 Å². The van der Waals surface area contributed by atoms with Gasteiger partial charge in [-0.05, 0) is 14.0 Å². The van der Waals surface area contributed by atoms with E-state index >= 15 is 0 Å². The number of carbonyl (C=O) groups excluding carboxylic acids is 1. The number of likely N-dealkylation sites (N-methyl/N-ethyl adjacent to an activating group) is 1. The molecular weight excluding hydrogens is 172 g/mol. The van der Waals surface area contributed by atoms with Crippen molar-refractivity contribution in [1.82, 2.24) is 10.2 Å². The lowest BCUT2D eigenvalue weighted by molar-refractivity contribution is -0.148. The molecule has 2 N–H and O–H groups in total. The molecule has 0 aromatic heterocycles. The van der Waals surface area contributed by atoms with Crippen LogP contribution < -0.4 is 5.32 Å². The minimum absolute atomic E-state index is 0.163. The molecule has 1 unspecified atom stereocenters. The molecule has 0 aliphatic carbocycles. The zero-order chi connectivity index (χ0) is 10.4. The van der Waals surface area contributed by atoms with Crippen molar-refractivity contribution < 1.29 is 14.7 Å². The van der Waals surface area contributed by atoms with Gasteiger partial charge >= 0.3 is 5.97 Å². The molecule has 1 amide bonds. The predicted octanol–water partition coefficient (Wildman–Crippen LogP) is -0.473. The maximum absolute atomic E-state index is 11.3. The smallest absolute Gasteiger partial charge is 0.326 e. The van der Waals surface area contributed by atoms with Crippen molar-refractivity contribution in [3.8, 4) is 0 Å². The molecule has 5 heteroatoms. The van der Waals surface area contributed by atoms with Crippen LogP contribution in [0.4, 0.5) is 0 Å². The Morgan fingerprint density at radius 2 is 2.08 bits per heavy atom. The monoisotopic (exact) mass is 188 g/mol. The van der Waals surface area contributed by atoms with Gasteiger partial charge in [0.15, 0.2) is 0 Å². The molecule has 13 heavy (non-hydrogen) atoms. The normalized spacial score (nSPS) is 12.2. The van der Waals surface area contributed by atoms with E-state index in [9.17, 15) is 9.59 Å². The lowest BCUT2D eigenvalue weighted by Gasteiger charge is -2.21. The van der Waals surface area contributed by atoms with E-state index in [1.54, 1.807) is 7.05 Å². The van der Waals surface area contributed by atoms with Crippen LogP contribution in [-0.2, 0) is 9.59 Å². The van der Waals surface area contributed by atoms with Crippen molar-refractivity contribution in [2.75, 3.05) is 20.6 Å². The van der Waals surface area contributed by atoms with Gasteiger partial charge in [0, 0.05) is 20.0 Å². The number of carboxylic acids is 1. The largest absolute Gasteiger partial charge is 0.480 e. The van der Waals surface area contributed by atoms with Crippen LogP contribution in [0.25, 0.3) is 0 Å². The second-order valence-electron chi connectivity index (χ2n) is 2.87. The molecule has 5 nitrogen and oxygen atoms in total. The molecule has 0 heterocycles. The van der Waals surface area contributed by atoms with Gasteiger partial charge in [-0.15, -0.1) is 0 Å². The van der Waals surface area contributed by atoms with Gasteiger partial charge in [-0.25, -0.2) is 4.79 Å². The van der Waals surface area contributed by atoms with E-state index in [1.807, 2.05) is 0 Å². The summed E-state index contributed by atoms with van der Waals surface area (Å²) in [6.07, 6.45) is 0.324.